The third-order valence-electron chi connectivity index (χ3n) is 1.65. The molecule has 1 saturated heterocycles. The summed E-state index contributed by atoms with van der Waals surface area (Å²) < 4.78 is 4.95. The van der Waals surface area contributed by atoms with Gasteiger partial charge in [0.05, 0.1) is 6.61 Å². The van der Waals surface area contributed by atoms with E-state index < -0.39 is 0 Å². The normalized spacial score (nSPS) is 27.3. The fourth-order valence-corrected chi connectivity index (χ4v) is 1.69. The minimum atomic E-state index is -0.0231. The van der Waals surface area contributed by atoms with Gasteiger partial charge in [-0.1, -0.05) is 0 Å². The number of rotatable bonds is 1. The van der Waals surface area contributed by atoms with Crippen LogP contribution in [0.2, 0.25) is 0 Å². The summed E-state index contributed by atoms with van der Waals surface area (Å²) in [4.78, 5) is 11.0. The van der Waals surface area contributed by atoms with E-state index in [9.17, 15) is 4.79 Å². The van der Waals surface area contributed by atoms with Crippen molar-refractivity contribution in [3.05, 3.63) is 0 Å². The van der Waals surface area contributed by atoms with Crippen LogP contribution in [0.15, 0.2) is 0 Å². The highest BCUT2D eigenvalue weighted by atomic mass is 32.2. The molecule has 1 aliphatic rings. The first-order valence-electron chi connectivity index (χ1n) is 3.54. The van der Waals surface area contributed by atoms with Crippen LogP contribution in [0.5, 0.6) is 0 Å². The molecule has 1 rings (SSSR count). The minimum absolute atomic E-state index is 0.0231. The third-order valence-corrected chi connectivity index (χ3v) is 2.65. The van der Waals surface area contributed by atoms with Crippen LogP contribution in [0.25, 0.3) is 0 Å². The quantitative estimate of drug-likeness (QED) is 0.543. The first-order valence-corrected chi connectivity index (χ1v) is 4.83. The number of esters is 1. The monoisotopic (exact) mass is 160 g/mol. The number of thioether (sulfide) groups is 1. The SMILES string of the molecule is CSC1CCCCOC1=O. The standard InChI is InChI=1S/C7H12O2S/c1-10-6-4-2-3-5-9-7(6)8/h6H,2-5H2,1H3. The summed E-state index contributed by atoms with van der Waals surface area (Å²) in [6, 6.07) is 0. The van der Waals surface area contributed by atoms with Crippen molar-refractivity contribution in [2.24, 2.45) is 0 Å². The van der Waals surface area contributed by atoms with Gasteiger partial charge in [-0.15, -0.1) is 0 Å². The first-order chi connectivity index (χ1) is 4.84. The molecule has 3 heteroatoms. The van der Waals surface area contributed by atoms with Crippen molar-refractivity contribution in [3.8, 4) is 0 Å². The second-order valence-electron chi connectivity index (χ2n) is 2.39. The molecule has 0 bridgehead atoms. The molecular formula is C7H12O2S. The maximum Gasteiger partial charge on any atom is 0.319 e. The van der Waals surface area contributed by atoms with Crippen LogP contribution in [0.1, 0.15) is 19.3 Å². The molecule has 0 radical (unpaired) electrons. The molecule has 0 N–H and O–H groups in total. The smallest absolute Gasteiger partial charge is 0.319 e. The van der Waals surface area contributed by atoms with Crippen molar-refractivity contribution in [2.45, 2.75) is 24.5 Å². The van der Waals surface area contributed by atoms with E-state index in [4.69, 9.17) is 4.74 Å². The maximum absolute atomic E-state index is 11.0. The van der Waals surface area contributed by atoms with E-state index in [0.717, 1.165) is 19.3 Å². The summed E-state index contributed by atoms with van der Waals surface area (Å²) in [7, 11) is 0. The Morgan fingerprint density at radius 1 is 1.60 bits per heavy atom. The zero-order chi connectivity index (χ0) is 7.40. The molecule has 10 heavy (non-hydrogen) atoms. The van der Waals surface area contributed by atoms with Crippen LogP contribution in [0.4, 0.5) is 0 Å². The average Bonchev–Trinajstić information content (AvgIpc) is 2.13. The van der Waals surface area contributed by atoms with Gasteiger partial charge in [0.15, 0.2) is 0 Å². The van der Waals surface area contributed by atoms with Crippen molar-refractivity contribution < 1.29 is 9.53 Å². The van der Waals surface area contributed by atoms with E-state index in [2.05, 4.69) is 0 Å². The Kier molecular flexibility index (Phi) is 3.06. The highest BCUT2D eigenvalue weighted by molar-refractivity contribution is 7.99. The van der Waals surface area contributed by atoms with Crippen LogP contribution in [0, 0.1) is 0 Å². The molecule has 1 heterocycles. The Morgan fingerprint density at radius 3 is 3.10 bits per heavy atom. The maximum atomic E-state index is 11.0. The minimum Gasteiger partial charge on any atom is -0.465 e. The second kappa shape index (κ2) is 3.86. The summed E-state index contributed by atoms with van der Waals surface area (Å²) in [5.74, 6) is -0.0231. The molecule has 1 fully saturated rings. The molecule has 1 unspecified atom stereocenters. The van der Waals surface area contributed by atoms with E-state index >= 15 is 0 Å². The summed E-state index contributed by atoms with van der Waals surface area (Å²) in [6.45, 7) is 0.621. The lowest BCUT2D eigenvalue weighted by atomic mass is 10.2. The van der Waals surface area contributed by atoms with Gasteiger partial charge in [0.25, 0.3) is 0 Å². The van der Waals surface area contributed by atoms with Gasteiger partial charge in [0.2, 0.25) is 0 Å². The number of carbonyl (C=O) groups excluding carboxylic acids is 1. The molecule has 0 spiro atoms. The van der Waals surface area contributed by atoms with E-state index in [1.165, 1.54) is 0 Å². The number of ether oxygens (including phenoxy) is 1. The molecule has 58 valence electrons. The molecule has 1 atom stereocenters. The lowest BCUT2D eigenvalue weighted by molar-refractivity contribution is -0.142. The Hall–Kier alpha value is -0.180. The highest BCUT2D eigenvalue weighted by Crippen LogP contribution is 2.18. The Bertz CT molecular complexity index is 125. The molecule has 0 aliphatic carbocycles. The molecule has 0 saturated carbocycles. The molecule has 0 aromatic carbocycles. The summed E-state index contributed by atoms with van der Waals surface area (Å²) in [6.07, 6.45) is 5.09. The largest absolute Gasteiger partial charge is 0.465 e. The molecule has 0 amide bonds. The van der Waals surface area contributed by atoms with Crippen LogP contribution < -0.4 is 0 Å². The zero-order valence-corrected chi connectivity index (χ0v) is 6.95. The Balaban J connectivity index is 2.43. The molecule has 1 aliphatic heterocycles. The van der Waals surface area contributed by atoms with Crippen molar-refractivity contribution >= 4 is 17.7 Å². The lowest BCUT2D eigenvalue weighted by Crippen LogP contribution is -2.17. The van der Waals surface area contributed by atoms with Gasteiger partial charge in [-0.05, 0) is 25.5 Å². The lowest BCUT2D eigenvalue weighted by Gasteiger charge is -2.06. The van der Waals surface area contributed by atoms with E-state index in [1.54, 1.807) is 11.8 Å². The first kappa shape index (κ1) is 7.92. The number of carbonyl (C=O) groups is 1. The van der Waals surface area contributed by atoms with E-state index in [1.807, 2.05) is 6.26 Å². The van der Waals surface area contributed by atoms with Gasteiger partial charge < -0.3 is 4.74 Å². The summed E-state index contributed by atoms with van der Waals surface area (Å²) in [5.41, 5.74) is 0. The van der Waals surface area contributed by atoms with Crippen LogP contribution in [-0.2, 0) is 9.53 Å². The molecule has 0 aromatic heterocycles. The fourth-order valence-electron chi connectivity index (χ4n) is 1.03. The Morgan fingerprint density at radius 2 is 2.40 bits per heavy atom. The van der Waals surface area contributed by atoms with Crippen molar-refractivity contribution in [2.75, 3.05) is 12.9 Å². The van der Waals surface area contributed by atoms with Crippen molar-refractivity contribution in [1.82, 2.24) is 0 Å². The summed E-state index contributed by atoms with van der Waals surface area (Å²) >= 11 is 1.59. The second-order valence-corrected chi connectivity index (χ2v) is 3.43. The van der Waals surface area contributed by atoms with Gasteiger partial charge in [-0.3, -0.25) is 4.79 Å². The van der Waals surface area contributed by atoms with Crippen LogP contribution >= 0.6 is 11.8 Å². The molecule has 2 nitrogen and oxygen atoms in total. The average molecular weight is 160 g/mol. The number of hydrogen-bond donors (Lipinski definition) is 0. The van der Waals surface area contributed by atoms with Gasteiger partial charge in [0, 0.05) is 0 Å². The predicted octanol–water partition coefficient (Wildman–Crippen LogP) is 1.45. The van der Waals surface area contributed by atoms with Gasteiger partial charge in [-0.2, -0.15) is 11.8 Å². The highest BCUT2D eigenvalue weighted by Gasteiger charge is 2.20. The zero-order valence-electron chi connectivity index (χ0n) is 6.13. The molecule has 0 aromatic rings. The predicted molar refractivity (Wildman–Crippen MR) is 42.1 cm³/mol. The van der Waals surface area contributed by atoms with Crippen molar-refractivity contribution in [3.63, 3.8) is 0 Å². The summed E-state index contributed by atoms with van der Waals surface area (Å²) in [5, 5.41) is 0.0995. The fraction of sp³-hybridized carbons (Fsp3) is 0.857. The van der Waals surface area contributed by atoms with Crippen LogP contribution in [0.3, 0.4) is 0 Å². The number of cyclic esters (lactones) is 1. The topological polar surface area (TPSA) is 26.3 Å². The van der Waals surface area contributed by atoms with Gasteiger partial charge >= 0.3 is 5.97 Å². The molecular weight excluding hydrogens is 148 g/mol. The van der Waals surface area contributed by atoms with E-state index in [0.29, 0.717) is 6.61 Å². The van der Waals surface area contributed by atoms with Gasteiger partial charge in [-0.25, -0.2) is 0 Å². The van der Waals surface area contributed by atoms with Crippen molar-refractivity contribution in [1.29, 1.82) is 0 Å². The van der Waals surface area contributed by atoms with E-state index in [-0.39, 0.29) is 11.2 Å². The van der Waals surface area contributed by atoms with Crippen LogP contribution in [-0.4, -0.2) is 24.1 Å². The number of hydrogen-bond acceptors (Lipinski definition) is 3. The van der Waals surface area contributed by atoms with Gasteiger partial charge in [0.1, 0.15) is 5.25 Å². The Labute approximate surface area is 65.3 Å². The third kappa shape index (κ3) is 1.90.